The van der Waals surface area contributed by atoms with E-state index in [9.17, 15) is 9.90 Å². The van der Waals surface area contributed by atoms with E-state index >= 15 is 0 Å². The highest BCUT2D eigenvalue weighted by atomic mass is 16.5. The summed E-state index contributed by atoms with van der Waals surface area (Å²) < 4.78 is 5.17. The largest absolute Gasteiger partial charge is 0.388 e. The summed E-state index contributed by atoms with van der Waals surface area (Å²) in [7, 11) is 0. The van der Waals surface area contributed by atoms with Gasteiger partial charge < -0.3 is 20.5 Å². The van der Waals surface area contributed by atoms with Gasteiger partial charge in [-0.15, -0.1) is 0 Å². The Labute approximate surface area is 103 Å². The number of urea groups is 1. The van der Waals surface area contributed by atoms with Gasteiger partial charge in [-0.3, -0.25) is 0 Å². The second-order valence-electron chi connectivity index (χ2n) is 5.05. The summed E-state index contributed by atoms with van der Waals surface area (Å²) in [5, 5.41) is 15.7. The van der Waals surface area contributed by atoms with Crippen molar-refractivity contribution in [1.29, 1.82) is 0 Å². The van der Waals surface area contributed by atoms with Crippen LogP contribution < -0.4 is 10.6 Å². The maximum Gasteiger partial charge on any atom is 0.315 e. The summed E-state index contributed by atoms with van der Waals surface area (Å²) in [4.78, 5) is 11.6. The highest BCUT2D eigenvalue weighted by Gasteiger charge is 2.27. The molecule has 0 aromatic carbocycles. The SMILES string of the molecule is CCC(C)C(C)(O)CNC(=O)NC1CCOC1. The van der Waals surface area contributed by atoms with Crippen molar-refractivity contribution in [2.75, 3.05) is 19.8 Å². The molecule has 1 rings (SSSR count). The molecule has 5 heteroatoms. The molecule has 0 aliphatic carbocycles. The molecule has 0 spiro atoms. The molecule has 1 fully saturated rings. The highest BCUT2D eigenvalue weighted by molar-refractivity contribution is 5.74. The van der Waals surface area contributed by atoms with Crippen LogP contribution in [0.4, 0.5) is 4.79 Å². The second-order valence-corrected chi connectivity index (χ2v) is 5.05. The van der Waals surface area contributed by atoms with Gasteiger partial charge in [0.05, 0.1) is 18.2 Å². The fourth-order valence-corrected chi connectivity index (χ4v) is 1.76. The minimum absolute atomic E-state index is 0.101. The number of hydrogen-bond donors (Lipinski definition) is 3. The monoisotopic (exact) mass is 244 g/mol. The van der Waals surface area contributed by atoms with Gasteiger partial charge in [0.1, 0.15) is 0 Å². The minimum atomic E-state index is -0.863. The third-order valence-electron chi connectivity index (χ3n) is 3.55. The number of aliphatic hydroxyl groups is 1. The average Bonchev–Trinajstić information content (AvgIpc) is 2.78. The molecule has 1 saturated heterocycles. The van der Waals surface area contributed by atoms with Crippen molar-refractivity contribution in [3.8, 4) is 0 Å². The number of hydrogen-bond acceptors (Lipinski definition) is 3. The third kappa shape index (κ3) is 4.52. The number of nitrogens with one attached hydrogen (secondary N) is 2. The third-order valence-corrected chi connectivity index (χ3v) is 3.55. The Morgan fingerprint density at radius 1 is 1.65 bits per heavy atom. The van der Waals surface area contributed by atoms with Crippen LogP contribution in [0.1, 0.15) is 33.6 Å². The van der Waals surface area contributed by atoms with Crippen LogP contribution >= 0.6 is 0 Å². The molecular weight excluding hydrogens is 220 g/mol. The van der Waals surface area contributed by atoms with Crippen LogP contribution in [0.5, 0.6) is 0 Å². The molecule has 3 unspecified atom stereocenters. The van der Waals surface area contributed by atoms with E-state index in [1.54, 1.807) is 6.92 Å². The molecule has 3 atom stereocenters. The van der Waals surface area contributed by atoms with E-state index in [2.05, 4.69) is 10.6 Å². The van der Waals surface area contributed by atoms with Crippen molar-refractivity contribution in [2.45, 2.75) is 45.3 Å². The van der Waals surface area contributed by atoms with Crippen molar-refractivity contribution in [2.24, 2.45) is 5.92 Å². The number of rotatable bonds is 5. The van der Waals surface area contributed by atoms with Crippen molar-refractivity contribution in [3.05, 3.63) is 0 Å². The van der Waals surface area contributed by atoms with Crippen molar-refractivity contribution in [1.82, 2.24) is 10.6 Å². The van der Waals surface area contributed by atoms with Crippen LogP contribution in [0.25, 0.3) is 0 Å². The zero-order valence-corrected chi connectivity index (χ0v) is 11.0. The zero-order valence-electron chi connectivity index (χ0n) is 11.0. The Bertz CT molecular complexity index is 250. The second kappa shape index (κ2) is 6.21. The van der Waals surface area contributed by atoms with E-state index in [0.717, 1.165) is 12.8 Å². The summed E-state index contributed by atoms with van der Waals surface area (Å²) in [5.74, 6) is 0.151. The standard InChI is InChI=1S/C12H24N2O3/c1-4-9(2)12(3,16)8-13-11(15)14-10-5-6-17-7-10/h9-10,16H,4-8H2,1-3H3,(H2,13,14,15). The quantitative estimate of drug-likeness (QED) is 0.672. The normalized spacial score (nSPS) is 25.1. The first-order valence-corrected chi connectivity index (χ1v) is 6.30. The topological polar surface area (TPSA) is 70.6 Å². The van der Waals surface area contributed by atoms with Crippen LogP contribution in [0, 0.1) is 5.92 Å². The lowest BCUT2D eigenvalue weighted by molar-refractivity contribution is 0.00783. The Morgan fingerprint density at radius 3 is 2.88 bits per heavy atom. The molecule has 17 heavy (non-hydrogen) atoms. The molecule has 0 bridgehead atoms. The first-order valence-electron chi connectivity index (χ1n) is 6.30. The van der Waals surface area contributed by atoms with E-state index in [4.69, 9.17) is 4.74 Å². The molecule has 1 aliphatic rings. The zero-order chi connectivity index (χ0) is 12.9. The molecule has 3 N–H and O–H groups in total. The molecule has 2 amide bonds. The summed E-state index contributed by atoms with van der Waals surface area (Å²) in [5.41, 5.74) is -0.863. The van der Waals surface area contributed by atoms with Gasteiger partial charge in [0, 0.05) is 13.2 Å². The number of ether oxygens (including phenoxy) is 1. The molecule has 0 aromatic rings. The lowest BCUT2D eigenvalue weighted by Crippen LogP contribution is -2.50. The van der Waals surface area contributed by atoms with Crippen LogP contribution in [0.15, 0.2) is 0 Å². The average molecular weight is 244 g/mol. The summed E-state index contributed by atoms with van der Waals surface area (Å²) in [6.07, 6.45) is 1.74. The Morgan fingerprint density at radius 2 is 2.35 bits per heavy atom. The summed E-state index contributed by atoms with van der Waals surface area (Å²) in [6.45, 7) is 7.30. The first kappa shape index (κ1) is 14.3. The molecule has 1 aliphatic heterocycles. The van der Waals surface area contributed by atoms with Crippen molar-refractivity contribution < 1.29 is 14.6 Å². The highest BCUT2D eigenvalue weighted by Crippen LogP contribution is 2.18. The number of amides is 2. The molecule has 100 valence electrons. The van der Waals surface area contributed by atoms with Gasteiger partial charge in [-0.05, 0) is 19.3 Å². The summed E-state index contributed by atoms with van der Waals surface area (Å²) in [6, 6.07) is -0.132. The number of carbonyl (C=O) groups excluding carboxylic acids is 1. The molecule has 1 heterocycles. The van der Waals surface area contributed by atoms with Gasteiger partial charge in [0.25, 0.3) is 0 Å². The van der Waals surface area contributed by atoms with E-state index in [-0.39, 0.29) is 24.5 Å². The van der Waals surface area contributed by atoms with E-state index in [1.165, 1.54) is 0 Å². The predicted octanol–water partition coefficient (Wildman–Crippen LogP) is 0.872. The number of carbonyl (C=O) groups is 1. The maximum atomic E-state index is 11.6. The van der Waals surface area contributed by atoms with Gasteiger partial charge in [0.2, 0.25) is 0 Å². The molecule has 5 nitrogen and oxygen atoms in total. The van der Waals surface area contributed by atoms with Gasteiger partial charge in [-0.25, -0.2) is 4.79 Å². The molecule has 0 aromatic heterocycles. The van der Waals surface area contributed by atoms with E-state index < -0.39 is 5.60 Å². The van der Waals surface area contributed by atoms with E-state index in [0.29, 0.717) is 13.2 Å². The van der Waals surface area contributed by atoms with Gasteiger partial charge in [-0.1, -0.05) is 20.3 Å². The Hall–Kier alpha value is -0.810. The van der Waals surface area contributed by atoms with Crippen LogP contribution in [-0.4, -0.2) is 42.5 Å². The maximum absolute atomic E-state index is 11.6. The van der Waals surface area contributed by atoms with Crippen LogP contribution in [0.2, 0.25) is 0 Å². The Kier molecular flexibility index (Phi) is 5.21. The smallest absolute Gasteiger partial charge is 0.315 e. The van der Waals surface area contributed by atoms with Crippen molar-refractivity contribution >= 4 is 6.03 Å². The van der Waals surface area contributed by atoms with Gasteiger partial charge in [-0.2, -0.15) is 0 Å². The van der Waals surface area contributed by atoms with E-state index in [1.807, 2.05) is 13.8 Å². The lowest BCUT2D eigenvalue weighted by atomic mass is 9.89. The fraction of sp³-hybridized carbons (Fsp3) is 0.917. The molecular formula is C12H24N2O3. The van der Waals surface area contributed by atoms with Gasteiger partial charge in [0.15, 0.2) is 0 Å². The summed E-state index contributed by atoms with van der Waals surface area (Å²) >= 11 is 0. The van der Waals surface area contributed by atoms with Crippen molar-refractivity contribution in [3.63, 3.8) is 0 Å². The van der Waals surface area contributed by atoms with Gasteiger partial charge >= 0.3 is 6.03 Å². The lowest BCUT2D eigenvalue weighted by Gasteiger charge is -2.30. The first-order chi connectivity index (χ1) is 7.95. The minimum Gasteiger partial charge on any atom is -0.388 e. The predicted molar refractivity (Wildman–Crippen MR) is 65.8 cm³/mol. The molecule has 0 radical (unpaired) electrons. The molecule has 0 saturated carbocycles. The Balaban J connectivity index is 2.26. The van der Waals surface area contributed by atoms with Crippen LogP contribution in [0.3, 0.4) is 0 Å². The fourth-order valence-electron chi connectivity index (χ4n) is 1.76. The van der Waals surface area contributed by atoms with Crippen LogP contribution in [-0.2, 0) is 4.74 Å².